The maximum atomic E-state index is 11.6. The van der Waals surface area contributed by atoms with Gasteiger partial charge in [0.1, 0.15) is 5.01 Å². The van der Waals surface area contributed by atoms with Gasteiger partial charge in [0, 0.05) is 25.7 Å². The van der Waals surface area contributed by atoms with Crippen molar-refractivity contribution >= 4 is 17.2 Å². The summed E-state index contributed by atoms with van der Waals surface area (Å²) in [6.45, 7) is 3.88. The largest absolute Gasteiger partial charge is 0.347 e. The van der Waals surface area contributed by atoms with Crippen LogP contribution in [0.1, 0.15) is 24.9 Å². The summed E-state index contributed by atoms with van der Waals surface area (Å²) < 4.78 is 0. The normalized spacial score (nSPS) is 14.7. The molecule has 15 heavy (non-hydrogen) atoms. The van der Waals surface area contributed by atoms with Gasteiger partial charge in [0.15, 0.2) is 0 Å². The summed E-state index contributed by atoms with van der Waals surface area (Å²) in [5.41, 5.74) is 0. The number of hydrogen-bond acceptors (Lipinski definition) is 4. The second-order valence-electron chi connectivity index (χ2n) is 3.71. The Morgan fingerprint density at radius 3 is 2.67 bits per heavy atom. The molecule has 0 radical (unpaired) electrons. The molecule has 2 atom stereocenters. The van der Waals surface area contributed by atoms with Crippen LogP contribution in [0.5, 0.6) is 0 Å². The molecule has 84 valence electrons. The van der Waals surface area contributed by atoms with Gasteiger partial charge in [-0.3, -0.25) is 10.1 Å². The summed E-state index contributed by atoms with van der Waals surface area (Å²) in [5, 5.41) is 6.16. The Bertz CT molecular complexity index is 310. The summed E-state index contributed by atoms with van der Waals surface area (Å²) >= 11 is 1.59. The van der Waals surface area contributed by atoms with E-state index in [0.29, 0.717) is 0 Å². The molecule has 1 aromatic rings. The Balaban J connectivity index is 2.52. The third kappa shape index (κ3) is 3.28. The number of rotatable bonds is 4. The molecule has 0 bridgehead atoms. The zero-order valence-corrected chi connectivity index (χ0v) is 10.3. The average molecular weight is 227 g/mol. The van der Waals surface area contributed by atoms with Crippen molar-refractivity contribution in [1.82, 2.24) is 15.2 Å². The number of nitrogens with zero attached hydrogens (tertiary/aromatic N) is 2. The fourth-order valence-corrected chi connectivity index (χ4v) is 2.01. The van der Waals surface area contributed by atoms with Gasteiger partial charge in [0.2, 0.25) is 5.91 Å². The van der Waals surface area contributed by atoms with E-state index in [9.17, 15) is 4.79 Å². The third-order valence-corrected chi connectivity index (χ3v) is 3.09. The lowest BCUT2D eigenvalue weighted by Crippen LogP contribution is -2.42. The van der Waals surface area contributed by atoms with Gasteiger partial charge in [-0.1, -0.05) is 0 Å². The molecule has 1 rings (SSSR count). The van der Waals surface area contributed by atoms with E-state index in [1.807, 2.05) is 19.2 Å². The van der Waals surface area contributed by atoms with Crippen molar-refractivity contribution < 1.29 is 4.79 Å². The van der Waals surface area contributed by atoms with Crippen molar-refractivity contribution in [2.24, 2.45) is 0 Å². The number of likely N-dealkylation sites (N-methyl/N-ethyl adjacent to an activating group) is 1. The Morgan fingerprint density at radius 2 is 2.20 bits per heavy atom. The predicted octanol–water partition coefficient (Wildman–Crippen LogP) is 1.27. The van der Waals surface area contributed by atoms with Crippen LogP contribution in [-0.4, -0.2) is 35.9 Å². The minimum atomic E-state index is -0.182. The molecule has 0 aliphatic rings. The van der Waals surface area contributed by atoms with Crippen LogP contribution in [-0.2, 0) is 4.79 Å². The summed E-state index contributed by atoms with van der Waals surface area (Å²) in [6, 6.07) is -0.0669. The topological polar surface area (TPSA) is 45.2 Å². The molecule has 4 nitrogen and oxygen atoms in total. The molecule has 1 N–H and O–H groups in total. The van der Waals surface area contributed by atoms with Crippen molar-refractivity contribution in [1.29, 1.82) is 0 Å². The number of carbonyl (C=O) groups excluding carboxylic acids is 1. The summed E-state index contributed by atoms with van der Waals surface area (Å²) in [6.07, 6.45) is 1.77. The van der Waals surface area contributed by atoms with Crippen LogP contribution in [0.3, 0.4) is 0 Å². The molecule has 0 aliphatic carbocycles. The first-order valence-electron chi connectivity index (χ1n) is 4.89. The van der Waals surface area contributed by atoms with Crippen molar-refractivity contribution in [3.63, 3.8) is 0 Å². The highest BCUT2D eigenvalue weighted by molar-refractivity contribution is 7.09. The van der Waals surface area contributed by atoms with Gasteiger partial charge in [0.25, 0.3) is 0 Å². The van der Waals surface area contributed by atoms with Crippen LogP contribution < -0.4 is 5.32 Å². The lowest BCUT2D eigenvalue weighted by Gasteiger charge is -2.20. The Labute approximate surface area is 94.3 Å². The van der Waals surface area contributed by atoms with Gasteiger partial charge in [-0.15, -0.1) is 11.3 Å². The van der Waals surface area contributed by atoms with Crippen molar-refractivity contribution in [3.05, 3.63) is 16.6 Å². The monoisotopic (exact) mass is 227 g/mol. The molecule has 5 heteroatoms. The number of amides is 1. The lowest BCUT2D eigenvalue weighted by atomic mass is 10.2. The molecule has 1 unspecified atom stereocenters. The maximum Gasteiger partial charge on any atom is 0.238 e. The minimum Gasteiger partial charge on any atom is -0.347 e. The number of hydrogen-bond donors (Lipinski definition) is 1. The summed E-state index contributed by atoms with van der Waals surface area (Å²) in [5.74, 6) is 0.0819. The molecule has 1 heterocycles. The zero-order valence-electron chi connectivity index (χ0n) is 9.52. The summed E-state index contributed by atoms with van der Waals surface area (Å²) in [7, 11) is 3.52. The number of aromatic nitrogens is 1. The number of thiazole rings is 1. The van der Waals surface area contributed by atoms with Gasteiger partial charge >= 0.3 is 0 Å². The molecule has 0 aliphatic heterocycles. The van der Waals surface area contributed by atoms with Crippen molar-refractivity contribution in [2.75, 3.05) is 14.1 Å². The van der Waals surface area contributed by atoms with Crippen molar-refractivity contribution in [3.8, 4) is 0 Å². The lowest BCUT2D eigenvalue weighted by molar-refractivity contribution is -0.130. The second-order valence-corrected chi connectivity index (χ2v) is 4.64. The van der Waals surface area contributed by atoms with Crippen LogP contribution in [0, 0.1) is 0 Å². The van der Waals surface area contributed by atoms with Gasteiger partial charge in [-0.25, -0.2) is 4.98 Å². The Morgan fingerprint density at radius 1 is 1.53 bits per heavy atom. The van der Waals surface area contributed by atoms with E-state index in [-0.39, 0.29) is 18.0 Å². The molecular formula is C10H17N3OS. The van der Waals surface area contributed by atoms with E-state index in [0.717, 1.165) is 5.01 Å². The molecular weight excluding hydrogens is 210 g/mol. The smallest absolute Gasteiger partial charge is 0.238 e. The number of nitrogens with one attached hydrogen (secondary N) is 1. The highest BCUT2D eigenvalue weighted by Crippen LogP contribution is 2.15. The van der Waals surface area contributed by atoms with E-state index >= 15 is 0 Å². The quantitative estimate of drug-likeness (QED) is 0.842. The third-order valence-electron chi connectivity index (χ3n) is 2.13. The fraction of sp³-hybridized carbons (Fsp3) is 0.600. The zero-order chi connectivity index (χ0) is 11.4. The first-order chi connectivity index (χ1) is 7.02. The highest BCUT2D eigenvalue weighted by Gasteiger charge is 2.18. The molecule has 0 aromatic carbocycles. The maximum absolute atomic E-state index is 11.6. The van der Waals surface area contributed by atoms with Gasteiger partial charge in [-0.05, 0) is 13.8 Å². The standard InChI is InChI=1S/C10H17N3OS/c1-7(9-11-5-6-15-9)12-8(2)10(14)13(3)4/h5-8,12H,1-4H3/t7?,8-/m1/s1. The first kappa shape index (κ1) is 12.1. The average Bonchev–Trinajstić information content (AvgIpc) is 2.68. The van der Waals surface area contributed by atoms with Crippen molar-refractivity contribution in [2.45, 2.75) is 25.9 Å². The predicted molar refractivity (Wildman–Crippen MR) is 61.8 cm³/mol. The van der Waals surface area contributed by atoms with Gasteiger partial charge in [0.05, 0.1) is 12.1 Å². The van der Waals surface area contributed by atoms with Crippen LogP contribution in [0.4, 0.5) is 0 Å². The Kier molecular flexibility index (Phi) is 4.23. The SMILES string of the molecule is CC(N[C@H](C)C(=O)N(C)C)c1nccs1. The van der Waals surface area contributed by atoms with E-state index < -0.39 is 0 Å². The molecule has 1 amide bonds. The fourth-order valence-electron chi connectivity index (χ4n) is 1.35. The van der Waals surface area contributed by atoms with E-state index in [2.05, 4.69) is 10.3 Å². The molecule has 0 spiro atoms. The van der Waals surface area contributed by atoms with E-state index in [1.54, 1.807) is 36.5 Å². The molecule has 0 fully saturated rings. The van der Waals surface area contributed by atoms with E-state index in [4.69, 9.17) is 0 Å². The van der Waals surface area contributed by atoms with Crippen LogP contribution in [0.15, 0.2) is 11.6 Å². The number of carbonyl (C=O) groups is 1. The van der Waals surface area contributed by atoms with Gasteiger partial charge < -0.3 is 4.90 Å². The van der Waals surface area contributed by atoms with E-state index in [1.165, 1.54) is 0 Å². The van der Waals surface area contributed by atoms with Crippen LogP contribution in [0.25, 0.3) is 0 Å². The molecule has 0 saturated heterocycles. The summed E-state index contributed by atoms with van der Waals surface area (Å²) in [4.78, 5) is 17.4. The van der Waals surface area contributed by atoms with Crippen LogP contribution >= 0.6 is 11.3 Å². The molecule has 1 aromatic heterocycles. The highest BCUT2D eigenvalue weighted by atomic mass is 32.1. The Hall–Kier alpha value is -0.940. The minimum absolute atomic E-state index is 0.0819. The second kappa shape index (κ2) is 5.23. The molecule has 0 saturated carbocycles. The van der Waals surface area contributed by atoms with Crippen LogP contribution in [0.2, 0.25) is 0 Å². The first-order valence-corrected chi connectivity index (χ1v) is 5.77. The van der Waals surface area contributed by atoms with Gasteiger partial charge in [-0.2, -0.15) is 0 Å².